The Bertz CT molecular complexity index is 930. The summed E-state index contributed by atoms with van der Waals surface area (Å²) in [5.74, 6) is -1.91. The van der Waals surface area contributed by atoms with Gasteiger partial charge < -0.3 is 0 Å². The van der Waals surface area contributed by atoms with Gasteiger partial charge in [0, 0.05) is 23.9 Å². The van der Waals surface area contributed by atoms with Crippen molar-refractivity contribution in [3.8, 4) is 0 Å². The first-order valence-electron chi connectivity index (χ1n) is 8.04. The van der Waals surface area contributed by atoms with E-state index < -0.39 is 28.3 Å². The third-order valence-electron chi connectivity index (χ3n) is 4.11. The Labute approximate surface area is 159 Å². The van der Waals surface area contributed by atoms with Crippen molar-refractivity contribution < 1.29 is 19.3 Å². The maximum Gasteiger partial charge on any atom is 0.282 e. The molecule has 0 unspecified atom stereocenters. The van der Waals surface area contributed by atoms with Gasteiger partial charge in [0.15, 0.2) is 0 Å². The van der Waals surface area contributed by atoms with E-state index in [1.165, 1.54) is 24.3 Å². The molecule has 0 saturated carbocycles. The van der Waals surface area contributed by atoms with Crippen LogP contribution in [0, 0.1) is 10.1 Å². The summed E-state index contributed by atoms with van der Waals surface area (Å²) >= 11 is 6.15. The standard InChI is InChI=1S/C18H14ClN3O5/c19-14-7-3-1-5-12(14)11-20(21-16(23)9-10-17(21)24)18(25)13-6-2-4-8-15(13)22(26)27/h1-8H,9-11H2. The summed E-state index contributed by atoms with van der Waals surface area (Å²) in [6, 6.07) is 12.0. The highest BCUT2D eigenvalue weighted by molar-refractivity contribution is 6.31. The molecule has 1 heterocycles. The molecule has 1 aliphatic heterocycles. The number of nitro benzene ring substituents is 1. The predicted molar refractivity (Wildman–Crippen MR) is 95.5 cm³/mol. The van der Waals surface area contributed by atoms with Gasteiger partial charge in [0.2, 0.25) is 11.8 Å². The molecule has 0 N–H and O–H groups in total. The third kappa shape index (κ3) is 3.65. The molecule has 0 radical (unpaired) electrons. The number of hydrazine groups is 1. The van der Waals surface area contributed by atoms with E-state index in [1.54, 1.807) is 24.3 Å². The third-order valence-corrected chi connectivity index (χ3v) is 4.48. The van der Waals surface area contributed by atoms with Gasteiger partial charge in [0.1, 0.15) is 5.56 Å². The maximum atomic E-state index is 13.1. The summed E-state index contributed by atoms with van der Waals surface area (Å²) < 4.78 is 0. The van der Waals surface area contributed by atoms with Crippen LogP contribution in [0.15, 0.2) is 48.5 Å². The van der Waals surface area contributed by atoms with E-state index in [0.29, 0.717) is 10.6 Å². The molecule has 27 heavy (non-hydrogen) atoms. The van der Waals surface area contributed by atoms with Crippen molar-refractivity contribution in [2.45, 2.75) is 19.4 Å². The van der Waals surface area contributed by atoms with Gasteiger partial charge in [-0.25, -0.2) is 5.01 Å². The van der Waals surface area contributed by atoms with Crippen LogP contribution >= 0.6 is 11.6 Å². The van der Waals surface area contributed by atoms with Gasteiger partial charge in [-0.3, -0.25) is 24.5 Å². The average molecular weight is 388 g/mol. The molecule has 1 fully saturated rings. The van der Waals surface area contributed by atoms with Gasteiger partial charge in [-0.15, -0.1) is 0 Å². The molecule has 0 atom stereocenters. The quantitative estimate of drug-likeness (QED) is 0.446. The van der Waals surface area contributed by atoms with Crippen molar-refractivity contribution in [3.05, 3.63) is 74.8 Å². The number of rotatable bonds is 5. The van der Waals surface area contributed by atoms with Crippen LogP contribution in [0.2, 0.25) is 5.02 Å². The lowest BCUT2D eigenvalue weighted by Gasteiger charge is -2.30. The van der Waals surface area contributed by atoms with E-state index in [1.807, 2.05) is 0 Å². The summed E-state index contributed by atoms with van der Waals surface area (Å²) in [5.41, 5.74) is -0.133. The monoisotopic (exact) mass is 387 g/mol. The van der Waals surface area contributed by atoms with E-state index in [2.05, 4.69) is 0 Å². The van der Waals surface area contributed by atoms with Crippen LogP contribution in [0.4, 0.5) is 5.69 Å². The average Bonchev–Trinajstić information content (AvgIpc) is 2.99. The van der Waals surface area contributed by atoms with Crippen molar-refractivity contribution in [1.82, 2.24) is 10.0 Å². The van der Waals surface area contributed by atoms with Gasteiger partial charge in [-0.05, 0) is 17.7 Å². The van der Waals surface area contributed by atoms with Gasteiger partial charge in [0.25, 0.3) is 11.6 Å². The second kappa shape index (κ2) is 7.55. The van der Waals surface area contributed by atoms with Crippen LogP contribution in [0.5, 0.6) is 0 Å². The largest absolute Gasteiger partial charge is 0.282 e. The smallest absolute Gasteiger partial charge is 0.273 e. The highest BCUT2D eigenvalue weighted by Gasteiger charge is 2.38. The van der Waals surface area contributed by atoms with E-state index >= 15 is 0 Å². The molecule has 3 amide bonds. The van der Waals surface area contributed by atoms with Crippen LogP contribution in [0.25, 0.3) is 0 Å². The number of para-hydroxylation sites is 1. The number of hydrogen-bond acceptors (Lipinski definition) is 5. The summed E-state index contributed by atoms with van der Waals surface area (Å²) in [4.78, 5) is 48.1. The predicted octanol–water partition coefficient (Wildman–Crippen LogP) is 2.95. The summed E-state index contributed by atoms with van der Waals surface area (Å²) in [6.07, 6.45) is -0.0516. The summed E-state index contributed by atoms with van der Waals surface area (Å²) in [7, 11) is 0. The van der Waals surface area contributed by atoms with Crippen LogP contribution in [-0.2, 0) is 16.1 Å². The molecular formula is C18H14ClN3O5. The molecule has 2 aromatic rings. The lowest BCUT2D eigenvalue weighted by Crippen LogP contribution is -2.49. The summed E-state index contributed by atoms with van der Waals surface area (Å²) in [5, 5.41) is 13.3. The number of carbonyl (C=O) groups excluding carboxylic acids is 3. The zero-order chi connectivity index (χ0) is 19.6. The van der Waals surface area contributed by atoms with E-state index in [-0.39, 0.29) is 24.9 Å². The maximum absolute atomic E-state index is 13.1. The van der Waals surface area contributed by atoms with Crippen molar-refractivity contribution in [1.29, 1.82) is 0 Å². The van der Waals surface area contributed by atoms with Crippen LogP contribution in [0.1, 0.15) is 28.8 Å². The van der Waals surface area contributed by atoms with Crippen LogP contribution in [0.3, 0.4) is 0 Å². The number of benzene rings is 2. The van der Waals surface area contributed by atoms with E-state index in [9.17, 15) is 24.5 Å². The van der Waals surface area contributed by atoms with Crippen molar-refractivity contribution in [2.24, 2.45) is 0 Å². The number of nitrogens with zero attached hydrogens (tertiary/aromatic N) is 3. The molecule has 8 nitrogen and oxygen atoms in total. The Kier molecular flexibility index (Phi) is 5.18. The molecule has 1 aliphatic rings. The Morgan fingerprint density at radius 3 is 2.30 bits per heavy atom. The molecule has 1 saturated heterocycles. The van der Waals surface area contributed by atoms with Gasteiger partial charge >= 0.3 is 0 Å². The summed E-state index contributed by atoms with van der Waals surface area (Å²) in [6.45, 7) is -0.179. The van der Waals surface area contributed by atoms with Crippen molar-refractivity contribution in [3.63, 3.8) is 0 Å². The zero-order valence-electron chi connectivity index (χ0n) is 14.0. The van der Waals surface area contributed by atoms with E-state index in [4.69, 9.17) is 11.6 Å². The number of carbonyl (C=O) groups is 3. The highest BCUT2D eigenvalue weighted by atomic mass is 35.5. The molecule has 9 heteroatoms. The molecule has 0 aliphatic carbocycles. The van der Waals surface area contributed by atoms with Crippen molar-refractivity contribution >= 4 is 35.0 Å². The zero-order valence-corrected chi connectivity index (χ0v) is 14.8. The van der Waals surface area contributed by atoms with Crippen molar-refractivity contribution in [2.75, 3.05) is 0 Å². The minimum Gasteiger partial charge on any atom is -0.273 e. The molecular weight excluding hydrogens is 374 g/mol. The number of nitro groups is 1. The fourth-order valence-electron chi connectivity index (χ4n) is 2.81. The second-order valence-corrected chi connectivity index (χ2v) is 6.23. The first-order valence-corrected chi connectivity index (χ1v) is 8.42. The molecule has 138 valence electrons. The topological polar surface area (TPSA) is 101 Å². The van der Waals surface area contributed by atoms with Crippen LogP contribution < -0.4 is 0 Å². The van der Waals surface area contributed by atoms with E-state index in [0.717, 1.165) is 10.0 Å². The number of hydrogen-bond donors (Lipinski definition) is 0. The fourth-order valence-corrected chi connectivity index (χ4v) is 3.00. The van der Waals surface area contributed by atoms with Gasteiger partial charge in [-0.1, -0.05) is 41.9 Å². The minimum atomic E-state index is -0.828. The Morgan fingerprint density at radius 1 is 1.07 bits per heavy atom. The SMILES string of the molecule is O=C(c1ccccc1[N+](=O)[O-])N(Cc1ccccc1Cl)N1C(=O)CCC1=O. The first kappa shape index (κ1) is 18.5. The number of halogens is 1. The number of amides is 3. The Balaban J connectivity index is 2.06. The second-order valence-electron chi connectivity index (χ2n) is 5.83. The molecule has 3 rings (SSSR count). The van der Waals surface area contributed by atoms with Gasteiger partial charge in [-0.2, -0.15) is 5.01 Å². The minimum absolute atomic E-state index is 0.0258. The molecule has 0 aromatic heterocycles. The Hall–Kier alpha value is -3.26. The lowest BCUT2D eigenvalue weighted by molar-refractivity contribution is -0.385. The van der Waals surface area contributed by atoms with Gasteiger partial charge in [0.05, 0.1) is 11.5 Å². The highest BCUT2D eigenvalue weighted by Crippen LogP contribution is 2.26. The lowest BCUT2D eigenvalue weighted by atomic mass is 10.1. The Morgan fingerprint density at radius 2 is 1.67 bits per heavy atom. The fraction of sp³-hybridized carbons (Fsp3) is 0.167. The normalized spacial score (nSPS) is 13.7. The first-order chi connectivity index (χ1) is 12.9. The molecule has 0 spiro atoms. The molecule has 2 aromatic carbocycles. The molecule has 0 bridgehead atoms. The number of imide groups is 1. The van der Waals surface area contributed by atoms with Crippen LogP contribution in [-0.4, -0.2) is 32.7 Å².